The molecule has 0 fully saturated rings. The number of carbonyl (C=O) groups excluding carboxylic acids is 2. The Bertz CT molecular complexity index is 788. The molecule has 25 heavy (non-hydrogen) atoms. The standard InChI is InChI=1S/C20H23N3O2/c1-14-12-21-9-7-17(14)13-22-20(25)11-19-18-6-4-3-5-16(18)8-10-23(19)15(2)24/h3-7,9,12,19H,8,10-11,13H2,1-2H3,(H,22,25). The van der Waals surface area contributed by atoms with Gasteiger partial charge in [-0.25, -0.2) is 0 Å². The van der Waals surface area contributed by atoms with Crippen molar-refractivity contribution in [2.24, 2.45) is 0 Å². The van der Waals surface area contributed by atoms with E-state index in [1.54, 1.807) is 24.2 Å². The maximum Gasteiger partial charge on any atom is 0.222 e. The van der Waals surface area contributed by atoms with Crippen molar-refractivity contribution in [1.29, 1.82) is 0 Å². The van der Waals surface area contributed by atoms with Crippen LogP contribution in [0, 0.1) is 6.92 Å². The first-order valence-corrected chi connectivity index (χ1v) is 8.57. The number of nitrogens with zero attached hydrogens (tertiary/aromatic N) is 2. The Kier molecular flexibility index (Phi) is 5.12. The Balaban J connectivity index is 1.72. The molecule has 2 aromatic rings. The fourth-order valence-electron chi connectivity index (χ4n) is 3.39. The van der Waals surface area contributed by atoms with Crippen molar-refractivity contribution in [1.82, 2.24) is 15.2 Å². The van der Waals surface area contributed by atoms with E-state index in [0.717, 1.165) is 23.1 Å². The highest BCUT2D eigenvalue weighted by atomic mass is 16.2. The smallest absolute Gasteiger partial charge is 0.222 e. The van der Waals surface area contributed by atoms with Crippen LogP contribution >= 0.6 is 0 Å². The van der Waals surface area contributed by atoms with E-state index in [2.05, 4.69) is 16.4 Å². The van der Waals surface area contributed by atoms with Crippen LogP contribution in [0.4, 0.5) is 0 Å². The third-order valence-electron chi connectivity index (χ3n) is 4.81. The Labute approximate surface area is 148 Å². The van der Waals surface area contributed by atoms with Crippen LogP contribution < -0.4 is 5.32 Å². The summed E-state index contributed by atoms with van der Waals surface area (Å²) in [6.45, 7) is 4.68. The number of rotatable bonds is 4. The molecule has 1 aliphatic heterocycles. The van der Waals surface area contributed by atoms with Crippen LogP contribution in [0.15, 0.2) is 42.7 Å². The normalized spacial score (nSPS) is 16.2. The predicted molar refractivity (Wildman–Crippen MR) is 95.7 cm³/mol. The molecule has 1 atom stereocenters. The molecular weight excluding hydrogens is 314 g/mol. The average Bonchev–Trinajstić information content (AvgIpc) is 2.61. The van der Waals surface area contributed by atoms with Gasteiger partial charge in [0.2, 0.25) is 11.8 Å². The molecule has 3 rings (SSSR count). The van der Waals surface area contributed by atoms with Gasteiger partial charge in [-0.05, 0) is 41.7 Å². The number of pyridine rings is 1. The lowest BCUT2D eigenvalue weighted by atomic mass is 9.90. The lowest BCUT2D eigenvalue weighted by Gasteiger charge is -2.36. The van der Waals surface area contributed by atoms with Gasteiger partial charge >= 0.3 is 0 Å². The summed E-state index contributed by atoms with van der Waals surface area (Å²) in [5.41, 5.74) is 4.41. The molecule has 0 spiro atoms. The first kappa shape index (κ1) is 17.1. The van der Waals surface area contributed by atoms with Crippen LogP contribution in [-0.2, 0) is 22.6 Å². The molecule has 130 valence electrons. The quantitative estimate of drug-likeness (QED) is 0.932. The second-order valence-electron chi connectivity index (χ2n) is 6.46. The highest BCUT2D eigenvalue weighted by Gasteiger charge is 2.30. The zero-order valence-corrected chi connectivity index (χ0v) is 14.7. The Morgan fingerprint density at radius 2 is 2.08 bits per heavy atom. The molecule has 5 heteroatoms. The third-order valence-corrected chi connectivity index (χ3v) is 4.81. The first-order chi connectivity index (χ1) is 12.1. The van der Waals surface area contributed by atoms with E-state index in [9.17, 15) is 9.59 Å². The molecule has 5 nitrogen and oxygen atoms in total. The van der Waals surface area contributed by atoms with Gasteiger partial charge in [0.15, 0.2) is 0 Å². The molecule has 1 aliphatic rings. The van der Waals surface area contributed by atoms with Gasteiger partial charge in [-0.1, -0.05) is 24.3 Å². The molecule has 0 bridgehead atoms. The average molecular weight is 337 g/mol. The maximum absolute atomic E-state index is 12.5. The number of aryl methyl sites for hydroxylation is 1. The summed E-state index contributed by atoms with van der Waals surface area (Å²) >= 11 is 0. The van der Waals surface area contributed by atoms with Gasteiger partial charge < -0.3 is 10.2 Å². The van der Waals surface area contributed by atoms with Gasteiger partial charge in [0, 0.05) is 32.4 Å². The van der Waals surface area contributed by atoms with E-state index in [1.807, 2.05) is 31.2 Å². The summed E-state index contributed by atoms with van der Waals surface area (Å²) in [6.07, 6.45) is 4.63. The summed E-state index contributed by atoms with van der Waals surface area (Å²) < 4.78 is 0. The molecular formula is C20H23N3O2. The second kappa shape index (κ2) is 7.47. The first-order valence-electron chi connectivity index (χ1n) is 8.57. The van der Waals surface area contributed by atoms with Crippen LogP contribution in [0.3, 0.4) is 0 Å². The van der Waals surface area contributed by atoms with Crippen molar-refractivity contribution in [3.05, 3.63) is 65.0 Å². The monoisotopic (exact) mass is 337 g/mol. The molecule has 1 N–H and O–H groups in total. The second-order valence-corrected chi connectivity index (χ2v) is 6.46. The van der Waals surface area contributed by atoms with Crippen molar-refractivity contribution in [3.63, 3.8) is 0 Å². The van der Waals surface area contributed by atoms with Gasteiger partial charge in [-0.3, -0.25) is 14.6 Å². The number of nitrogens with one attached hydrogen (secondary N) is 1. The molecule has 2 amide bonds. The van der Waals surface area contributed by atoms with Gasteiger partial charge in [0.1, 0.15) is 0 Å². The summed E-state index contributed by atoms with van der Waals surface area (Å²) in [5, 5.41) is 2.97. The number of fused-ring (bicyclic) bond motifs is 1. The van der Waals surface area contributed by atoms with Crippen LogP contribution in [0.25, 0.3) is 0 Å². The lowest BCUT2D eigenvalue weighted by Crippen LogP contribution is -2.41. The van der Waals surface area contributed by atoms with E-state index >= 15 is 0 Å². The van der Waals surface area contributed by atoms with Crippen LogP contribution in [-0.4, -0.2) is 28.2 Å². The molecule has 1 unspecified atom stereocenters. The van der Waals surface area contributed by atoms with Crippen molar-refractivity contribution < 1.29 is 9.59 Å². The lowest BCUT2D eigenvalue weighted by molar-refractivity contribution is -0.133. The summed E-state index contributed by atoms with van der Waals surface area (Å²) in [6, 6.07) is 9.79. The Hall–Kier alpha value is -2.69. The minimum atomic E-state index is -0.194. The maximum atomic E-state index is 12.5. The molecule has 1 aromatic heterocycles. The van der Waals surface area contributed by atoms with Crippen molar-refractivity contribution in [2.45, 2.75) is 39.3 Å². The minimum absolute atomic E-state index is 0.0114. The van der Waals surface area contributed by atoms with E-state index in [1.165, 1.54) is 5.56 Å². The van der Waals surface area contributed by atoms with Crippen molar-refractivity contribution in [3.8, 4) is 0 Å². The molecule has 0 radical (unpaired) electrons. The van der Waals surface area contributed by atoms with Crippen LogP contribution in [0.2, 0.25) is 0 Å². The highest BCUT2D eigenvalue weighted by molar-refractivity contribution is 5.79. The van der Waals surface area contributed by atoms with Crippen molar-refractivity contribution >= 4 is 11.8 Å². The molecule has 0 saturated heterocycles. The molecule has 1 aromatic carbocycles. The number of aromatic nitrogens is 1. The fourth-order valence-corrected chi connectivity index (χ4v) is 3.39. The van der Waals surface area contributed by atoms with E-state index < -0.39 is 0 Å². The van der Waals surface area contributed by atoms with Gasteiger partial charge in [0.05, 0.1) is 12.5 Å². The minimum Gasteiger partial charge on any atom is -0.352 e. The Morgan fingerprint density at radius 1 is 1.28 bits per heavy atom. The van der Waals surface area contributed by atoms with Crippen molar-refractivity contribution in [2.75, 3.05) is 6.54 Å². The predicted octanol–water partition coefficient (Wildman–Crippen LogP) is 2.54. The van der Waals surface area contributed by atoms with Crippen LogP contribution in [0.1, 0.15) is 41.6 Å². The molecule has 0 aliphatic carbocycles. The van der Waals surface area contributed by atoms with E-state index in [-0.39, 0.29) is 24.3 Å². The largest absolute Gasteiger partial charge is 0.352 e. The van der Waals surface area contributed by atoms with Gasteiger partial charge in [-0.2, -0.15) is 0 Å². The third kappa shape index (κ3) is 3.87. The highest BCUT2D eigenvalue weighted by Crippen LogP contribution is 2.32. The number of benzene rings is 1. The zero-order valence-electron chi connectivity index (χ0n) is 14.7. The molecule has 0 saturated carbocycles. The topological polar surface area (TPSA) is 62.3 Å². The van der Waals surface area contributed by atoms with E-state index in [0.29, 0.717) is 13.1 Å². The SMILES string of the molecule is CC(=O)N1CCc2ccccc2C1CC(=O)NCc1ccncc1C. The number of carbonyl (C=O) groups is 2. The van der Waals surface area contributed by atoms with Gasteiger partial charge in [0.25, 0.3) is 0 Å². The summed E-state index contributed by atoms with van der Waals surface area (Å²) in [7, 11) is 0. The summed E-state index contributed by atoms with van der Waals surface area (Å²) in [4.78, 5) is 30.4. The van der Waals surface area contributed by atoms with E-state index in [4.69, 9.17) is 0 Å². The molecule has 2 heterocycles. The van der Waals surface area contributed by atoms with Crippen LogP contribution in [0.5, 0.6) is 0 Å². The number of hydrogen-bond acceptors (Lipinski definition) is 3. The van der Waals surface area contributed by atoms with Gasteiger partial charge in [-0.15, -0.1) is 0 Å². The number of hydrogen-bond donors (Lipinski definition) is 1. The summed E-state index contributed by atoms with van der Waals surface area (Å²) in [5.74, 6) is -0.0403. The Morgan fingerprint density at radius 3 is 2.84 bits per heavy atom. The zero-order chi connectivity index (χ0) is 17.8. The fraction of sp³-hybridized carbons (Fsp3) is 0.350. The number of amides is 2.